The molecule has 0 radical (unpaired) electrons. The number of carbonyl (C=O) groups excluding carboxylic acids is 1. The molecule has 0 spiro atoms. The van der Waals surface area contributed by atoms with Crippen molar-refractivity contribution in [2.75, 3.05) is 6.61 Å². The summed E-state index contributed by atoms with van der Waals surface area (Å²) >= 11 is 6.38. The molecule has 0 fully saturated rings. The van der Waals surface area contributed by atoms with Gasteiger partial charge in [-0.3, -0.25) is 4.79 Å². The highest BCUT2D eigenvalue weighted by atomic mass is 35.5. The lowest BCUT2D eigenvalue weighted by Gasteiger charge is -2.47. The highest BCUT2D eigenvalue weighted by Crippen LogP contribution is 2.40. The van der Waals surface area contributed by atoms with E-state index in [1.54, 1.807) is 30.9 Å². The van der Waals surface area contributed by atoms with Crippen LogP contribution < -0.4 is 10.4 Å². The second-order valence-corrected chi connectivity index (χ2v) is 18.7. The lowest BCUT2D eigenvalue weighted by molar-refractivity contribution is -0.137. The normalized spacial score (nSPS) is 16.6. The molecule has 5 rings (SSSR count). The van der Waals surface area contributed by atoms with Crippen LogP contribution in [0.5, 0.6) is 0 Å². The first-order valence-corrected chi connectivity index (χ1v) is 18.5. The smallest absolute Gasteiger partial charge is 0.261 e. The zero-order valence-electron chi connectivity index (χ0n) is 28.3. The van der Waals surface area contributed by atoms with Gasteiger partial charge in [0.25, 0.3) is 8.32 Å². The summed E-state index contributed by atoms with van der Waals surface area (Å²) in [6, 6.07) is 26.8. The van der Waals surface area contributed by atoms with E-state index in [1.807, 2.05) is 43.3 Å². The van der Waals surface area contributed by atoms with E-state index in [0.29, 0.717) is 5.56 Å². The summed E-state index contributed by atoms with van der Waals surface area (Å²) in [5, 5.41) is 12.4. The Labute approximate surface area is 288 Å². The number of carbonyl (C=O) groups is 1. The quantitative estimate of drug-likeness (QED) is 0.163. The van der Waals surface area contributed by atoms with Crippen LogP contribution in [-0.4, -0.2) is 42.5 Å². The predicted molar refractivity (Wildman–Crippen MR) is 191 cm³/mol. The van der Waals surface area contributed by atoms with E-state index >= 15 is 4.39 Å². The molecule has 0 aliphatic carbocycles. The lowest BCUT2D eigenvalue weighted by Crippen LogP contribution is -2.67. The zero-order valence-corrected chi connectivity index (χ0v) is 30.0. The number of aliphatic hydroxyl groups is 1. The van der Waals surface area contributed by atoms with Crippen molar-refractivity contribution >= 4 is 36.2 Å². The Morgan fingerprint density at radius 3 is 2.06 bits per heavy atom. The maximum Gasteiger partial charge on any atom is 0.261 e. The van der Waals surface area contributed by atoms with E-state index in [-0.39, 0.29) is 46.5 Å². The highest BCUT2D eigenvalue weighted by Gasteiger charge is 2.51. The Hall–Kier alpha value is -3.80. The van der Waals surface area contributed by atoms with Crippen molar-refractivity contribution < 1.29 is 23.1 Å². The molecule has 0 saturated heterocycles. The van der Waals surface area contributed by atoms with Gasteiger partial charge in [0.2, 0.25) is 5.91 Å². The van der Waals surface area contributed by atoms with Gasteiger partial charge in [-0.25, -0.2) is 8.78 Å². The second kappa shape index (κ2) is 14.0. The summed E-state index contributed by atoms with van der Waals surface area (Å²) in [4.78, 5) is 16.0. The van der Waals surface area contributed by atoms with Gasteiger partial charge in [-0.05, 0) is 71.9 Å². The minimum atomic E-state index is -3.02. The molecule has 1 heterocycles. The number of nitrogens with zero attached hydrogens (tertiary/aromatic N) is 1. The number of hydrogen-bond acceptors (Lipinski definition) is 3. The van der Waals surface area contributed by atoms with Crippen molar-refractivity contribution in [1.82, 2.24) is 4.90 Å². The maximum absolute atomic E-state index is 15.5. The molecule has 0 saturated carbocycles. The van der Waals surface area contributed by atoms with Crippen LogP contribution in [0.15, 0.2) is 91.0 Å². The molecule has 4 aromatic rings. The van der Waals surface area contributed by atoms with Crippen LogP contribution in [0.3, 0.4) is 0 Å². The summed E-state index contributed by atoms with van der Waals surface area (Å²) in [5.41, 5.74) is 0.405. The molecule has 2 atom stereocenters. The molecular formula is C40H42ClF2NO3Si. The minimum absolute atomic E-state index is 0.129. The first-order valence-electron chi connectivity index (χ1n) is 16.2. The fourth-order valence-corrected chi connectivity index (χ4v) is 11.7. The topological polar surface area (TPSA) is 49.8 Å². The summed E-state index contributed by atoms with van der Waals surface area (Å²) < 4.78 is 37.7. The molecule has 250 valence electrons. The first kappa shape index (κ1) is 35.5. The average Bonchev–Trinajstić information content (AvgIpc) is 3.02. The fourth-order valence-electron chi connectivity index (χ4n) is 6.88. The Balaban J connectivity index is 1.64. The summed E-state index contributed by atoms with van der Waals surface area (Å²) in [6.45, 7) is 11.7. The Bertz CT molecular complexity index is 1780. The summed E-state index contributed by atoms with van der Waals surface area (Å²) in [5.74, 6) is 4.29. The van der Waals surface area contributed by atoms with Gasteiger partial charge in [0, 0.05) is 10.6 Å². The van der Waals surface area contributed by atoms with Crippen molar-refractivity contribution in [3.8, 4) is 11.8 Å². The van der Waals surface area contributed by atoms with E-state index < -0.39 is 37.6 Å². The van der Waals surface area contributed by atoms with E-state index in [2.05, 4.69) is 56.9 Å². The van der Waals surface area contributed by atoms with E-state index in [9.17, 15) is 14.3 Å². The van der Waals surface area contributed by atoms with Crippen LogP contribution in [0.25, 0.3) is 0 Å². The molecule has 0 aromatic heterocycles. The summed E-state index contributed by atoms with van der Waals surface area (Å²) in [7, 11) is -3.02. The molecule has 0 bridgehead atoms. The van der Waals surface area contributed by atoms with E-state index in [1.165, 1.54) is 18.2 Å². The van der Waals surface area contributed by atoms with Gasteiger partial charge in [-0.1, -0.05) is 117 Å². The number of hydrogen-bond donors (Lipinski definition) is 1. The number of halogens is 3. The third-order valence-electron chi connectivity index (χ3n) is 9.08. The van der Waals surface area contributed by atoms with Crippen molar-refractivity contribution in [3.63, 3.8) is 0 Å². The Kier molecular flexibility index (Phi) is 10.3. The third kappa shape index (κ3) is 7.13. The molecule has 1 N–H and O–H groups in total. The monoisotopic (exact) mass is 685 g/mol. The third-order valence-corrected chi connectivity index (χ3v) is 14.4. The molecular weight excluding hydrogens is 644 g/mol. The van der Waals surface area contributed by atoms with Crippen LogP contribution in [0, 0.1) is 23.5 Å². The molecule has 4 nitrogen and oxygen atoms in total. The Morgan fingerprint density at radius 2 is 1.52 bits per heavy atom. The average molecular weight is 686 g/mol. The number of amides is 1. The molecule has 1 aliphatic rings. The predicted octanol–water partition coefficient (Wildman–Crippen LogP) is 7.37. The van der Waals surface area contributed by atoms with Crippen LogP contribution in [-0.2, 0) is 22.1 Å². The van der Waals surface area contributed by atoms with Gasteiger partial charge in [-0.2, -0.15) is 0 Å². The van der Waals surface area contributed by atoms with Gasteiger partial charge in [0.15, 0.2) is 0 Å². The van der Waals surface area contributed by atoms with Crippen LogP contribution in [0.2, 0.25) is 10.1 Å². The van der Waals surface area contributed by atoms with Crippen LogP contribution in [0.4, 0.5) is 8.78 Å². The van der Waals surface area contributed by atoms with Crippen molar-refractivity contribution in [1.29, 1.82) is 0 Å². The van der Waals surface area contributed by atoms with Crippen molar-refractivity contribution in [3.05, 3.63) is 130 Å². The SMILES string of the molecule is C[C@H]1c2ccc(F)c(C#CC(C)(C)O)c2C[C@H](CO[Si](c2ccccc2)(c2ccccc2)C(C)(C)C)N1C(=O)Cc1c(F)cccc1Cl. The van der Waals surface area contributed by atoms with Gasteiger partial charge in [0.1, 0.15) is 17.2 Å². The maximum atomic E-state index is 15.5. The zero-order chi connectivity index (χ0) is 34.9. The number of fused-ring (bicyclic) bond motifs is 1. The molecule has 4 aromatic carbocycles. The number of benzene rings is 4. The molecule has 0 unspecified atom stereocenters. The Morgan fingerprint density at radius 1 is 0.917 bits per heavy atom. The minimum Gasteiger partial charge on any atom is -0.405 e. The number of rotatable bonds is 7. The molecule has 8 heteroatoms. The first-order chi connectivity index (χ1) is 22.6. The van der Waals surface area contributed by atoms with Gasteiger partial charge < -0.3 is 14.4 Å². The summed E-state index contributed by atoms with van der Waals surface area (Å²) in [6.07, 6.45) is 0.00962. The molecule has 1 amide bonds. The molecule has 1 aliphatic heterocycles. The molecule has 48 heavy (non-hydrogen) atoms. The largest absolute Gasteiger partial charge is 0.405 e. The van der Waals surface area contributed by atoms with Gasteiger partial charge in [-0.15, -0.1) is 0 Å². The van der Waals surface area contributed by atoms with Gasteiger partial charge in [0.05, 0.1) is 30.7 Å². The van der Waals surface area contributed by atoms with E-state index in [4.69, 9.17) is 16.0 Å². The standard InChI is InChI=1S/C40H42ClF2NO3Si/c1-27-31-20-21-37(43)32(22-23-40(5,6)46)33(31)24-28(44(27)38(45)25-34-35(41)18-13-19-36(34)42)26-47-48(39(2,3)4,29-14-9-7-10-15-29)30-16-11-8-12-17-30/h7-21,27-28,46H,24-26H2,1-6H3/t27-,28+/m0/s1. The fraction of sp³-hybridized carbons (Fsp3) is 0.325. The van der Waals surface area contributed by atoms with Crippen LogP contribution in [0.1, 0.15) is 69.8 Å². The van der Waals surface area contributed by atoms with Gasteiger partial charge >= 0.3 is 0 Å². The van der Waals surface area contributed by atoms with E-state index in [0.717, 1.165) is 15.9 Å². The lowest BCUT2D eigenvalue weighted by atomic mass is 9.85. The van der Waals surface area contributed by atoms with Crippen molar-refractivity contribution in [2.45, 2.75) is 77.1 Å². The van der Waals surface area contributed by atoms with Crippen molar-refractivity contribution in [2.24, 2.45) is 0 Å². The second-order valence-electron chi connectivity index (χ2n) is 14.0. The van der Waals surface area contributed by atoms with Crippen LogP contribution >= 0.6 is 11.6 Å². The highest BCUT2D eigenvalue weighted by molar-refractivity contribution is 6.99.